The molecule has 1 heterocycles. The Bertz CT molecular complexity index is 626. The molecule has 1 unspecified atom stereocenters. The first-order valence-corrected chi connectivity index (χ1v) is 8.20. The van der Waals surface area contributed by atoms with E-state index >= 15 is 0 Å². The first kappa shape index (κ1) is 17.7. The number of thioether (sulfide) groups is 1. The molecule has 0 saturated heterocycles. The average molecular weight is 345 g/mol. The molecule has 3 nitrogen and oxygen atoms in total. The Labute approximate surface area is 137 Å². The van der Waals surface area contributed by atoms with Crippen LogP contribution in [0.1, 0.15) is 31.4 Å². The van der Waals surface area contributed by atoms with Gasteiger partial charge in [-0.2, -0.15) is 13.2 Å². The zero-order chi connectivity index (χ0) is 17.2. The number of aliphatic hydroxyl groups excluding tert-OH is 1. The van der Waals surface area contributed by atoms with Crippen LogP contribution in [0, 0.1) is 5.92 Å². The van der Waals surface area contributed by atoms with Crippen LogP contribution in [0.2, 0.25) is 0 Å². The maximum Gasteiger partial charge on any atom is 0.416 e. The molecular formula is C16H18F3NO2S. The van der Waals surface area contributed by atoms with E-state index in [1.165, 1.54) is 6.07 Å². The van der Waals surface area contributed by atoms with Crippen LogP contribution >= 0.6 is 11.8 Å². The summed E-state index contributed by atoms with van der Waals surface area (Å²) in [4.78, 5) is 12.1. The molecule has 1 aliphatic rings. The monoisotopic (exact) mass is 345 g/mol. The van der Waals surface area contributed by atoms with Gasteiger partial charge in [0, 0.05) is 5.75 Å². The molecule has 0 bridgehead atoms. The van der Waals surface area contributed by atoms with E-state index in [1.54, 1.807) is 6.07 Å². The first-order valence-electron chi connectivity index (χ1n) is 7.21. The van der Waals surface area contributed by atoms with E-state index in [-0.39, 0.29) is 22.3 Å². The van der Waals surface area contributed by atoms with Gasteiger partial charge in [-0.25, -0.2) is 0 Å². The van der Waals surface area contributed by atoms with Crippen molar-refractivity contribution in [3.8, 4) is 0 Å². The molecule has 1 aromatic rings. The molecule has 7 heteroatoms. The molecule has 1 aromatic carbocycles. The van der Waals surface area contributed by atoms with Crippen molar-refractivity contribution < 1.29 is 23.1 Å². The molecule has 1 atom stereocenters. The van der Waals surface area contributed by atoms with Crippen molar-refractivity contribution >= 4 is 17.7 Å². The number of hydrogen-bond donors (Lipinski definition) is 2. The maximum absolute atomic E-state index is 12.7. The Morgan fingerprint density at radius 2 is 2.04 bits per heavy atom. The van der Waals surface area contributed by atoms with Crippen molar-refractivity contribution in [2.45, 2.75) is 38.2 Å². The van der Waals surface area contributed by atoms with Gasteiger partial charge in [-0.3, -0.25) is 4.79 Å². The Morgan fingerprint density at radius 3 is 2.65 bits per heavy atom. The summed E-state index contributed by atoms with van der Waals surface area (Å²) in [7, 11) is 0. The van der Waals surface area contributed by atoms with E-state index in [9.17, 15) is 23.1 Å². The average Bonchev–Trinajstić information content (AvgIpc) is 2.70. The predicted octanol–water partition coefficient (Wildman–Crippen LogP) is 4.25. The summed E-state index contributed by atoms with van der Waals surface area (Å²) in [6.45, 7) is 3.96. The molecule has 2 rings (SSSR count). The number of aliphatic hydroxyl groups is 1. The summed E-state index contributed by atoms with van der Waals surface area (Å²) in [5.74, 6) is 0.103. The highest BCUT2D eigenvalue weighted by molar-refractivity contribution is 8.03. The topological polar surface area (TPSA) is 49.3 Å². The van der Waals surface area contributed by atoms with Gasteiger partial charge in [-0.15, -0.1) is 11.8 Å². The van der Waals surface area contributed by atoms with Crippen LogP contribution in [-0.2, 0) is 16.7 Å². The van der Waals surface area contributed by atoms with Crippen molar-refractivity contribution in [1.29, 1.82) is 0 Å². The third kappa shape index (κ3) is 4.43. The van der Waals surface area contributed by atoms with E-state index in [2.05, 4.69) is 5.32 Å². The molecule has 0 aromatic heterocycles. The van der Waals surface area contributed by atoms with Crippen LogP contribution in [0.15, 0.2) is 34.9 Å². The lowest BCUT2D eigenvalue weighted by Gasteiger charge is -2.12. The Balaban J connectivity index is 2.08. The molecule has 2 N–H and O–H groups in total. The lowest BCUT2D eigenvalue weighted by molar-refractivity contribution is -0.137. The van der Waals surface area contributed by atoms with Crippen molar-refractivity contribution in [2.24, 2.45) is 5.92 Å². The van der Waals surface area contributed by atoms with E-state index in [0.717, 1.165) is 23.9 Å². The molecule has 1 amide bonds. The van der Waals surface area contributed by atoms with Crippen LogP contribution < -0.4 is 5.32 Å². The quantitative estimate of drug-likeness (QED) is 0.839. The normalized spacial score (nSPS) is 18.7. The molecule has 1 aliphatic heterocycles. The number of rotatable bonds is 5. The summed E-state index contributed by atoms with van der Waals surface area (Å²) in [6.07, 6.45) is -3.78. The highest BCUT2D eigenvalue weighted by Gasteiger charge is 2.33. The number of carbonyl (C=O) groups excluding carboxylic acids is 1. The number of alkyl halides is 3. The molecule has 0 saturated carbocycles. The highest BCUT2D eigenvalue weighted by atomic mass is 32.2. The number of carbonyl (C=O) groups is 1. The fraction of sp³-hybridized carbons (Fsp3) is 0.438. The van der Waals surface area contributed by atoms with E-state index in [4.69, 9.17) is 0 Å². The minimum absolute atomic E-state index is 0.0133. The SMILES string of the molecule is CC(C)CC1NC(=O)C(SCc2cccc(C(F)(F)F)c2)=C1O. The summed E-state index contributed by atoms with van der Waals surface area (Å²) >= 11 is 1.05. The molecule has 126 valence electrons. The second-order valence-corrected chi connectivity index (χ2v) is 6.84. The molecule has 0 spiro atoms. The Kier molecular flexibility index (Phi) is 5.29. The summed E-state index contributed by atoms with van der Waals surface area (Å²) in [6, 6.07) is 4.56. The van der Waals surface area contributed by atoms with Gasteiger partial charge in [0.05, 0.1) is 11.6 Å². The van der Waals surface area contributed by atoms with Crippen LogP contribution in [-0.4, -0.2) is 17.1 Å². The van der Waals surface area contributed by atoms with Gasteiger partial charge < -0.3 is 10.4 Å². The van der Waals surface area contributed by atoms with Crippen LogP contribution in [0.4, 0.5) is 13.2 Å². The smallest absolute Gasteiger partial charge is 0.416 e. The highest BCUT2D eigenvalue weighted by Crippen LogP contribution is 2.33. The zero-order valence-corrected chi connectivity index (χ0v) is 13.6. The number of benzene rings is 1. The van der Waals surface area contributed by atoms with Gasteiger partial charge in [-0.05, 0) is 24.0 Å². The van der Waals surface area contributed by atoms with Crippen LogP contribution in [0.25, 0.3) is 0 Å². The third-order valence-corrected chi connectivity index (χ3v) is 4.58. The van der Waals surface area contributed by atoms with Gasteiger partial charge in [-0.1, -0.05) is 32.0 Å². The maximum atomic E-state index is 12.7. The predicted molar refractivity (Wildman–Crippen MR) is 83.8 cm³/mol. The van der Waals surface area contributed by atoms with Crippen LogP contribution in [0.3, 0.4) is 0 Å². The van der Waals surface area contributed by atoms with E-state index in [0.29, 0.717) is 17.9 Å². The summed E-state index contributed by atoms with van der Waals surface area (Å²) in [5.41, 5.74) is -0.271. The van der Waals surface area contributed by atoms with Gasteiger partial charge >= 0.3 is 6.18 Å². The largest absolute Gasteiger partial charge is 0.509 e. The number of hydrogen-bond acceptors (Lipinski definition) is 3. The third-order valence-electron chi connectivity index (χ3n) is 3.42. The molecule has 0 radical (unpaired) electrons. The minimum atomic E-state index is -4.39. The lowest BCUT2D eigenvalue weighted by atomic mass is 10.0. The fourth-order valence-corrected chi connectivity index (χ4v) is 3.31. The van der Waals surface area contributed by atoms with Gasteiger partial charge in [0.2, 0.25) is 0 Å². The molecule has 0 fully saturated rings. The Hall–Kier alpha value is -1.63. The first-order chi connectivity index (χ1) is 10.7. The number of halogens is 3. The molecule has 0 aliphatic carbocycles. The standard InChI is InChI=1S/C16H18F3NO2S/c1-9(2)6-12-13(21)14(15(22)20-12)23-8-10-4-3-5-11(7-10)16(17,18)19/h3-5,7,9,12,21H,6,8H2,1-2H3,(H,20,22). The van der Waals surface area contributed by atoms with Crippen LogP contribution in [0.5, 0.6) is 0 Å². The van der Waals surface area contributed by atoms with Crippen molar-refractivity contribution in [3.63, 3.8) is 0 Å². The fourth-order valence-electron chi connectivity index (χ4n) is 2.34. The van der Waals surface area contributed by atoms with Crippen molar-refractivity contribution in [3.05, 3.63) is 46.1 Å². The van der Waals surface area contributed by atoms with Gasteiger partial charge in [0.1, 0.15) is 10.7 Å². The minimum Gasteiger partial charge on any atom is -0.509 e. The zero-order valence-electron chi connectivity index (χ0n) is 12.8. The molecular weight excluding hydrogens is 327 g/mol. The Morgan fingerprint density at radius 1 is 1.35 bits per heavy atom. The number of amides is 1. The van der Waals surface area contributed by atoms with E-state index < -0.39 is 17.8 Å². The molecule has 23 heavy (non-hydrogen) atoms. The van der Waals surface area contributed by atoms with Crippen molar-refractivity contribution in [2.75, 3.05) is 0 Å². The second-order valence-electron chi connectivity index (χ2n) is 5.86. The second kappa shape index (κ2) is 6.86. The van der Waals surface area contributed by atoms with Gasteiger partial charge in [0.25, 0.3) is 5.91 Å². The van der Waals surface area contributed by atoms with E-state index in [1.807, 2.05) is 13.8 Å². The summed E-state index contributed by atoms with van der Waals surface area (Å²) in [5, 5.41) is 12.8. The summed E-state index contributed by atoms with van der Waals surface area (Å²) < 4.78 is 38.1. The lowest BCUT2D eigenvalue weighted by Crippen LogP contribution is -2.30. The van der Waals surface area contributed by atoms with Gasteiger partial charge in [0.15, 0.2) is 0 Å². The number of nitrogens with one attached hydrogen (secondary N) is 1. The van der Waals surface area contributed by atoms with Crippen molar-refractivity contribution in [1.82, 2.24) is 5.32 Å².